The summed E-state index contributed by atoms with van der Waals surface area (Å²) in [4.78, 5) is 96.6. The lowest BCUT2D eigenvalue weighted by atomic mass is 10.0. The summed E-state index contributed by atoms with van der Waals surface area (Å²) in [7, 11) is 0. The highest BCUT2D eigenvalue weighted by atomic mass is 16.6. The van der Waals surface area contributed by atoms with E-state index in [-0.39, 0.29) is 52.4 Å². The molecule has 4 amide bonds. The van der Waals surface area contributed by atoms with Gasteiger partial charge in [-0.25, -0.2) is 0 Å². The Morgan fingerprint density at radius 1 is 0.446 bits per heavy atom. The number of oxime groups is 2. The van der Waals surface area contributed by atoms with Gasteiger partial charge >= 0.3 is 17.9 Å². The third kappa shape index (κ3) is 29.0. The fourth-order valence-corrected chi connectivity index (χ4v) is 4.92. The van der Waals surface area contributed by atoms with Gasteiger partial charge in [0, 0.05) is 52.4 Å². The third-order valence-corrected chi connectivity index (χ3v) is 8.34. The Balaban J connectivity index is 4.90. The van der Waals surface area contributed by atoms with E-state index in [1.54, 1.807) is 0 Å². The molecule has 374 valence electrons. The van der Waals surface area contributed by atoms with Gasteiger partial charge in [-0.2, -0.15) is 0 Å². The number of carboxylic acids is 3. The lowest BCUT2D eigenvalue weighted by Crippen LogP contribution is -2.48. The SMILES string of the molecule is O=C(O)CN(CCN(CC(=O)O)CC(=O)NCCNC(=O)CO/N=C/[C@H](O)[C@H](O)C(O)C(O)CO)CCN(CC(=O)O)CC(=O)NCCNC(=O)CO/N=C/[C@H](O)[C@H](O)C(O)C(O)CO. The van der Waals surface area contributed by atoms with Crippen LogP contribution in [0.25, 0.3) is 0 Å². The molecule has 4 unspecified atom stereocenters. The molecule has 17 N–H and O–H groups in total. The number of hydrogen-bond acceptors (Lipinski definition) is 24. The van der Waals surface area contributed by atoms with Crippen LogP contribution in [0.3, 0.4) is 0 Å². The molecule has 0 spiro atoms. The molecule has 0 aromatic heterocycles. The normalized spacial score (nSPS) is 15.5. The second-order valence-electron chi connectivity index (χ2n) is 13.8. The molecular weight excluding hydrogens is 886 g/mol. The molecular formula is C34H61N9O22. The fraction of sp³-hybridized carbons (Fsp3) is 0.735. The second kappa shape index (κ2) is 34.1. The summed E-state index contributed by atoms with van der Waals surface area (Å²) in [5.41, 5.74) is 0. The van der Waals surface area contributed by atoms with Crippen LogP contribution in [-0.2, 0) is 43.2 Å². The number of aliphatic hydroxyl groups is 10. The maximum absolute atomic E-state index is 12.6. The van der Waals surface area contributed by atoms with Crippen molar-refractivity contribution in [2.45, 2.75) is 48.8 Å². The minimum Gasteiger partial charge on any atom is -0.480 e. The van der Waals surface area contributed by atoms with E-state index in [9.17, 15) is 89.7 Å². The van der Waals surface area contributed by atoms with Gasteiger partial charge in [0.1, 0.15) is 48.8 Å². The zero-order chi connectivity index (χ0) is 49.5. The van der Waals surface area contributed by atoms with Crippen molar-refractivity contribution in [3.05, 3.63) is 0 Å². The van der Waals surface area contributed by atoms with E-state index in [1.165, 1.54) is 14.7 Å². The predicted octanol–water partition coefficient (Wildman–Crippen LogP) is -11.5. The van der Waals surface area contributed by atoms with Gasteiger partial charge in [0.25, 0.3) is 11.8 Å². The Kier molecular flexibility index (Phi) is 31.3. The first-order chi connectivity index (χ1) is 30.6. The van der Waals surface area contributed by atoms with Crippen molar-refractivity contribution < 1.29 is 110 Å². The van der Waals surface area contributed by atoms with E-state index in [2.05, 4.69) is 41.3 Å². The number of aliphatic hydroxyl groups excluding tert-OH is 10. The molecule has 0 aliphatic heterocycles. The van der Waals surface area contributed by atoms with Crippen LogP contribution in [0.2, 0.25) is 0 Å². The van der Waals surface area contributed by atoms with Crippen LogP contribution in [0.1, 0.15) is 0 Å². The first-order valence-electron chi connectivity index (χ1n) is 19.5. The molecule has 0 heterocycles. The smallest absolute Gasteiger partial charge is 0.317 e. The number of rotatable bonds is 38. The minimum absolute atomic E-state index is 0.116. The van der Waals surface area contributed by atoms with Crippen molar-refractivity contribution in [1.82, 2.24) is 36.0 Å². The third-order valence-electron chi connectivity index (χ3n) is 8.34. The monoisotopic (exact) mass is 947 g/mol. The van der Waals surface area contributed by atoms with Crippen molar-refractivity contribution in [3.63, 3.8) is 0 Å². The highest BCUT2D eigenvalue weighted by Gasteiger charge is 2.30. The summed E-state index contributed by atoms with van der Waals surface area (Å²) < 4.78 is 0. The van der Waals surface area contributed by atoms with E-state index in [0.717, 1.165) is 0 Å². The molecule has 31 heteroatoms. The highest BCUT2D eigenvalue weighted by molar-refractivity contribution is 5.80. The number of carboxylic acid groups (broad SMARTS) is 3. The highest BCUT2D eigenvalue weighted by Crippen LogP contribution is 2.05. The number of amides is 4. The summed E-state index contributed by atoms with van der Waals surface area (Å²) >= 11 is 0. The first kappa shape index (κ1) is 59.7. The van der Waals surface area contributed by atoms with Gasteiger partial charge in [-0.15, -0.1) is 0 Å². The lowest BCUT2D eigenvalue weighted by molar-refractivity contribution is -0.141. The molecule has 0 aromatic carbocycles. The van der Waals surface area contributed by atoms with Gasteiger partial charge in [-0.3, -0.25) is 48.3 Å². The van der Waals surface area contributed by atoms with Crippen molar-refractivity contribution in [1.29, 1.82) is 0 Å². The number of carbonyl (C=O) groups excluding carboxylic acids is 4. The molecule has 0 aliphatic carbocycles. The molecule has 0 aliphatic rings. The summed E-state index contributed by atoms with van der Waals surface area (Å²) in [5.74, 6) is -6.72. The lowest BCUT2D eigenvalue weighted by Gasteiger charge is -2.28. The largest absolute Gasteiger partial charge is 0.480 e. The Labute approximate surface area is 370 Å². The molecule has 8 atom stereocenters. The van der Waals surface area contributed by atoms with Crippen LogP contribution in [0, 0.1) is 0 Å². The average Bonchev–Trinajstić information content (AvgIpc) is 3.25. The molecule has 0 radical (unpaired) electrons. The molecule has 0 aromatic rings. The van der Waals surface area contributed by atoms with Gasteiger partial charge in [0.15, 0.2) is 13.2 Å². The van der Waals surface area contributed by atoms with Gasteiger partial charge < -0.3 is 97.3 Å². The van der Waals surface area contributed by atoms with Crippen molar-refractivity contribution in [2.75, 3.05) is 112 Å². The van der Waals surface area contributed by atoms with Crippen LogP contribution in [-0.4, -0.2) is 295 Å². The molecule has 0 saturated heterocycles. The van der Waals surface area contributed by atoms with Crippen molar-refractivity contribution >= 4 is 54.0 Å². The second-order valence-corrected chi connectivity index (χ2v) is 13.8. The fourth-order valence-electron chi connectivity index (χ4n) is 4.92. The summed E-state index contributed by atoms with van der Waals surface area (Å²) in [5, 5.41) is 138. The van der Waals surface area contributed by atoms with Crippen molar-refractivity contribution in [2.24, 2.45) is 10.3 Å². The van der Waals surface area contributed by atoms with E-state index < -0.39 is 150 Å². The zero-order valence-electron chi connectivity index (χ0n) is 35.0. The van der Waals surface area contributed by atoms with Crippen LogP contribution < -0.4 is 21.3 Å². The van der Waals surface area contributed by atoms with E-state index in [0.29, 0.717) is 12.4 Å². The maximum atomic E-state index is 12.6. The summed E-state index contributed by atoms with van der Waals surface area (Å²) in [6.45, 7) is -6.96. The van der Waals surface area contributed by atoms with Crippen LogP contribution in [0.4, 0.5) is 0 Å². The van der Waals surface area contributed by atoms with E-state index in [1.807, 2.05) is 0 Å². The molecule has 0 fully saturated rings. The number of nitrogens with zero attached hydrogens (tertiary/aromatic N) is 5. The zero-order valence-corrected chi connectivity index (χ0v) is 35.0. The van der Waals surface area contributed by atoms with Gasteiger partial charge in [-0.05, 0) is 0 Å². The van der Waals surface area contributed by atoms with E-state index >= 15 is 0 Å². The van der Waals surface area contributed by atoms with Crippen LogP contribution in [0.15, 0.2) is 10.3 Å². The van der Waals surface area contributed by atoms with Gasteiger partial charge in [-0.1, -0.05) is 10.3 Å². The summed E-state index contributed by atoms with van der Waals surface area (Å²) in [6, 6.07) is 0. The molecule has 0 saturated carbocycles. The van der Waals surface area contributed by atoms with Gasteiger partial charge in [0.05, 0.1) is 58.4 Å². The number of nitrogens with one attached hydrogen (secondary N) is 4. The molecule has 0 bridgehead atoms. The Morgan fingerprint density at radius 2 is 0.738 bits per heavy atom. The standard InChI is InChI=1S/C34H61N9O22/c44-16-22(48)33(62)31(60)20(46)9-39-64-18-26(52)37-3-1-35-24(50)11-42(14-29(56)57)7-5-41(13-28(54)55)6-8-43(15-30(58)59)12-25(51)36-2-4-38-27(53)19-65-40-10-21(47)32(61)34(63)23(49)17-45/h9-10,20-23,31-34,44-49,60-63H,1-8,11-19H2,(H,35,50)(H,36,51)(H,37,52)(H,38,53)(H,54,55)(H,56,57)(H,58,59)/b39-9+,40-10+/t20-,21-,22?,23?,31-,32-,33?,34?/m0/s1. The Hall–Kier alpha value is -5.29. The van der Waals surface area contributed by atoms with Crippen LogP contribution in [0.5, 0.6) is 0 Å². The number of hydrogen-bond donors (Lipinski definition) is 17. The predicted molar refractivity (Wildman–Crippen MR) is 215 cm³/mol. The maximum Gasteiger partial charge on any atom is 0.317 e. The quantitative estimate of drug-likeness (QED) is 0.0155. The van der Waals surface area contributed by atoms with Crippen LogP contribution >= 0.6 is 0 Å². The number of carbonyl (C=O) groups is 7. The molecule has 31 nitrogen and oxygen atoms in total. The number of aliphatic carboxylic acids is 3. The van der Waals surface area contributed by atoms with Crippen molar-refractivity contribution in [3.8, 4) is 0 Å². The Bertz CT molecular complexity index is 1410. The molecule has 65 heavy (non-hydrogen) atoms. The Morgan fingerprint density at radius 3 is 1.05 bits per heavy atom. The topological polar surface area (TPSA) is 484 Å². The first-order valence-corrected chi connectivity index (χ1v) is 19.5. The minimum atomic E-state index is -1.94. The molecule has 0 rings (SSSR count). The van der Waals surface area contributed by atoms with E-state index in [4.69, 9.17) is 10.2 Å². The average molecular weight is 948 g/mol. The van der Waals surface area contributed by atoms with Gasteiger partial charge in [0.2, 0.25) is 11.8 Å². The summed E-state index contributed by atoms with van der Waals surface area (Å²) in [6.07, 6.45) is -13.6.